The van der Waals surface area contributed by atoms with E-state index < -0.39 is 17.2 Å². The Morgan fingerprint density at radius 2 is 1.79 bits per heavy atom. The summed E-state index contributed by atoms with van der Waals surface area (Å²) >= 11 is 0. The molecule has 1 nitrogen and oxygen atoms in total. The summed E-state index contributed by atoms with van der Waals surface area (Å²) in [5.41, 5.74) is 0.316. The Hall–Kier alpha value is -0.960. The Morgan fingerprint density at radius 1 is 1.16 bits per heavy atom. The van der Waals surface area contributed by atoms with Crippen LogP contribution in [-0.2, 0) is 10.3 Å². The topological polar surface area (TPSA) is 9.23 Å². The second-order valence-corrected chi connectivity index (χ2v) is 5.91. The van der Waals surface area contributed by atoms with Crippen LogP contribution in [0.25, 0.3) is 0 Å². The van der Waals surface area contributed by atoms with Gasteiger partial charge in [0.2, 0.25) is 0 Å². The number of hydrogen-bond acceptors (Lipinski definition) is 1. The molecule has 1 aliphatic carbocycles. The first kappa shape index (κ1) is 14.4. The lowest BCUT2D eigenvalue weighted by Crippen LogP contribution is -2.35. The van der Waals surface area contributed by atoms with Gasteiger partial charge in [-0.25, -0.2) is 8.78 Å². The third-order valence-corrected chi connectivity index (χ3v) is 4.62. The highest BCUT2D eigenvalue weighted by molar-refractivity contribution is 5.25. The van der Waals surface area contributed by atoms with Crippen LogP contribution in [0.5, 0.6) is 0 Å². The summed E-state index contributed by atoms with van der Waals surface area (Å²) in [7, 11) is 1.66. The summed E-state index contributed by atoms with van der Waals surface area (Å²) in [5, 5.41) is 0. The van der Waals surface area contributed by atoms with Crippen LogP contribution in [0.3, 0.4) is 0 Å². The highest BCUT2D eigenvalue weighted by Gasteiger charge is 2.38. The fraction of sp³-hybridized carbons (Fsp3) is 0.625. The van der Waals surface area contributed by atoms with Gasteiger partial charge in [-0.1, -0.05) is 19.9 Å². The smallest absolute Gasteiger partial charge is 0.159 e. The summed E-state index contributed by atoms with van der Waals surface area (Å²) in [6, 6.07) is 4.13. The molecule has 106 valence electrons. The van der Waals surface area contributed by atoms with Crippen LogP contribution in [0.4, 0.5) is 8.78 Å². The highest BCUT2D eigenvalue weighted by atomic mass is 19.2. The molecule has 0 aliphatic heterocycles. The third-order valence-electron chi connectivity index (χ3n) is 4.62. The average molecular weight is 268 g/mol. The van der Waals surface area contributed by atoms with Gasteiger partial charge in [0.15, 0.2) is 11.6 Å². The molecule has 0 heterocycles. The van der Waals surface area contributed by atoms with Gasteiger partial charge in [0.25, 0.3) is 0 Å². The van der Waals surface area contributed by atoms with E-state index in [0.29, 0.717) is 11.8 Å². The molecule has 0 atom stereocenters. The van der Waals surface area contributed by atoms with Gasteiger partial charge in [-0.05, 0) is 55.2 Å². The summed E-state index contributed by atoms with van der Waals surface area (Å²) in [4.78, 5) is 0. The van der Waals surface area contributed by atoms with E-state index in [0.717, 1.165) is 31.2 Å². The maximum atomic E-state index is 13.4. The van der Waals surface area contributed by atoms with Gasteiger partial charge in [-0.2, -0.15) is 0 Å². The van der Waals surface area contributed by atoms with Gasteiger partial charge in [-0.15, -0.1) is 0 Å². The normalized spacial score (nSPS) is 27.8. The first-order valence-corrected chi connectivity index (χ1v) is 6.99. The fourth-order valence-corrected chi connectivity index (χ4v) is 3.16. The minimum atomic E-state index is -0.800. The lowest BCUT2D eigenvalue weighted by molar-refractivity contribution is -0.0588. The number of halogens is 2. The van der Waals surface area contributed by atoms with Crippen LogP contribution in [0.1, 0.15) is 45.1 Å². The zero-order valence-corrected chi connectivity index (χ0v) is 11.9. The van der Waals surface area contributed by atoms with Crippen molar-refractivity contribution in [1.29, 1.82) is 0 Å². The first-order chi connectivity index (χ1) is 8.98. The van der Waals surface area contributed by atoms with E-state index in [1.54, 1.807) is 13.2 Å². The maximum Gasteiger partial charge on any atom is 0.159 e. The predicted molar refractivity (Wildman–Crippen MR) is 71.8 cm³/mol. The van der Waals surface area contributed by atoms with Crippen LogP contribution in [0, 0.1) is 23.5 Å². The van der Waals surface area contributed by atoms with Crippen LogP contribution in [0.15, 0.2) is 18.2 Å². The van der Waals surface area contributed by atoms with Crippen molar-refractivity contribution >= 4 is 0 Å². The summed E-state index contributed by atoms with van der Waals surface area (Å²) in [6.07, 6.45) is 3.89. The molecule has 19 heavy (non-hydrogen) atoms. The van der Waals surface area contributed by atoms with Crippen molar-refractivity contribution in [2.45, 2.75) is 45.1 Å². The van der Waals surface area contributed by atoms with E-state index in [4.69, 9.17) is 4.74 Å². The number of ether oxygens (including phenoxy) is 1. The Labute approximate surface area is 114 Å². The Kier molecular flexibility index (Phi) is 4.24. The second-order valence-electron chi connectivity index (χ2n) is 5.91. The number of hydrogen-bond donors (Lipinski definition) is 0. The monoisotopic (exact) mass is 268 g/mol. The molecule has 0 radical (unpaired) electrons. The molecular formula is C16H22F2O. The minimum Gasteiger partial charge on any atom is -0.374 e. The summed E-state index contributed by atoms with van der Waals surface area (Å²) in [6.45, 7) is 4.48. The van der Waals surface area contributed by atoms with E-state index in [9.17, 15) is 8.78 Å². The zero-order chi connectivity index (χ0) is 14.0. The molecule has 0 unspecified atom stereocenters. The van der Waals surface area contributed by atoms with Crippen molar-refractivity contribution in [1.82, 2.24) is 0 Å². The molecule has 0 N–H and O–H groups in total. The van der Waals surface area contributed by atoms with E-state index in [2.05, 4.69) is 13.8 Å². The molecule has 1 aliphatic rings. The number of benzene rings is 1. The standard InChI is InChI=1S/C16H22F2O/c1-11(2)12-6-8-16(19-3,9-7-12)13-4-5-14(17)15(18)10-13/h4-5,10-12H,6-9H2,1-3H3/t12-,16+. The van der Waals surface area contributed by atoms with Crippen molar-refractivity contribution in [2.75, 3.05) is 7.11 Å². The van der Waals surface area contributed by atoms with Crippen molar-refractivity contribution in [3.8, 4) is 0 Å². The number of rotatable bonds is 3. The zero-order valence-electron chi connectivity index (χ0n) is 11.9. The van der Waals surface area contributed by atoms with Gasteiger partial charge in [0, 0.05) is 7.11 Å². The summed E-state index contributed by atoms with van der Waals surface area (Å²) in [5.74, 6) is -0.223. The molecule has 1 aromatic carbocycles. The Morgan fingerprint density at radius 3 is 2.26 bits per heavy atom. The molecule has 3 heteroatoms. The molecule has 1 fully saturated rings. The lowest BCUT2D eigenvalue weighted by atomic mass is 9.72. The molecule has 1 saturated carbocycles. The lowest BCUT2D eigenvalue weighted by Gasteiger charge is -2.40. The van der Waals surface area contributed by atoms with Crippen molar-refractivity contribution in [2.24, 2.45) is 11.8 Å². The Balaban J connectivity index is 2.22. The Bertz CT molecular complexity index is 434. The predicted octanol–water partition coefficient (Wildman–Crippen LogP) is 4.65. The minimum absolute atomic E-state index is 0.445. The van der Waals surface area contributed by atoms with E-state index >= 15 is 0 Å². The van der Waals surface area contributed by atoms with Gasteiger partial charge < -0.3 is 4.74 Å². The fourth-order valence-electron chi connectivity index (χ4n) is 3.16. The highest BCUT2D eigenvalue weighted by Crippen LogP contribution is 2.44. The van der Waals surface area contributed by atoms with Crippen LogP contribution in [0.2, 0.25) is 0 Å². The SMILES string of the molecule is CO[C@]1(c2ccc(F)c(F)c2)CC[C@H](C(C)C)CC1. The molecule has 0 saturated heterocycles. The van der Waals surface area contributed by atoms with E-state index in [1.807, 2.05) is 0 Å². The largest absolute Gasteiger partial charge is 0.374 e. The van der Waals surface area contributed by atoms with Crippen LogP contribution in [-0.4, -0.2) is 7.11 Å². The second kappa shape index (κ2) is 5.58. The molecule has 1 aromatic rings. The van der Waals surface area contributed by atoms with Crippen molar-refractivity contribution in [3.63, 3.8) is 0 Å². The average Bonchev–Trinajstić information content (AvgIpc) is 2.42. The molecule has 2 rings (SSSR count). The van der Waals surface area contributed by atoms with Gasteiger partial charge >= 0.3 is 0 Å². The van der Waals surface area contributed by atoms with E-state index in [-0.39, 0.29) is 0 Å². The molecule has 0 amide bonds. The van der Waals surface area contributed by atoms with Gasteiger partial charge in [0.05, 0.1) is 5.60 Å². The molecule has 0 bridgehead atoms. The molecule has 0 aromatic heterocycles. The third kappa shape index (κ3) is 2.81. The van der Waals surface area contributed by atoms with E-state index in [1.165, 1.54) is 12.1 Å². The van der Waals surface area contributed by atoms with Crippen molar-refractivity contribution in [3.05, 3.63) is 35.4 Å². The van der Waals surface area contributed by atoms with Gasteiger partial charge in [0.1, 0.15) is 0 Å². The van der Waals surface area contributed by atoms with Crippen LogP contribution < -0.4 is 0 Å². The summed E-state index contributed by atoms with van der Waals surface area (Å²) < 4.78 is 32.2. The molecular weight excluding hydrogens is 246 g/mol. The number of methoxy groups -OCH3 is 1. The van der Waals surface area contributed by atoms with Gasteiger partial charge in [-0.3, -0.25) is 0 Å². The quantitative estimate of drug-likeness (QED) is 0.775. The van der Waals surface area contributed by atoms with Crippen LogP contribution >= 0.6 is 0 Å². The first-order valence-electron chi connectivity index (χ1n) is 6.99. The van der Waals surface area contributed by atoms with Crippen molar-refractivity contribution < 1.29 is 13.5 Å². The molecule has 0 spiro atoms. The maximum absolute atomic E-state index is 13.4.